The molecule has 0 unspecified atom stereocenters. The Labute approximate surface area is 101 Å². The summed E-state index contributed by atoms with van der Waals surface area (Å²) in [5.41, 5.74) is 1.01. The van der Waals surface area contributed by atoms with Crippen molar-refractivity contribution in [3.63, 3.8) is 0 Å². The van der Waals surface area contributed by atoms with Crippen molar-refractivity contribution in [3.05, 3.63) is 29.8 Å². The summed E-state index contributed by atoms with van der Waals surface area (Å²) in [6, 6.07) is 6.66. The number of rotatable bonds is 2. The van der Waals surface area contributed by atoms with E-state index < -0.39 is 16.2 Å². The normalized spacial score (nSPS) is 22.6. The van der Waals surface area contributed by atoms with Crippen LogP contribution in [0.3, 0.4) is 0 Å². The van der Waals surface area contributed by atoms with Gasteiger partial charge in [0, 0.05) is 13.1 Å². The molecule has 0 aliphatic carbocycles. The van der Waals surface area contributed by atoms with Crippen LogP contribution in [0.15, 0.2) is 29.2 Å². The molecule has 94 valence electrons. The molecule has 2 rings (SSSR count). The van der Waals surface area contributed by atoms with Gasteiger partial charge in [0.1, 0.15) is 6.17 Å². The first-order valence-electron chi connectivity index (χ1n) is 5.71. The van der Waals surface area contributed by atoms with E-state index in [4.69, 9.17) is 0 Å². The topological polar surface area (TPSA) is 37.4 Å². The number of hydrogen-bond donors (Lipinski definition) is 0. The maximum atomic E-state index is 13.2. The van der Waals surface area contributed by atoms with E-state index in [0.717, 1.165) is 5.56 Å². The molecule has 1 fully saturated rings. The van der Waals surface area contributed by atoms with Crippen molar-refractivity contribution < 1.29 is 12.8 Å². The molecule has 1 heterocycles. The molecular weight excluding hydrogens is 241 g/mol. The Balaban J connectivity index is 2.26. The summed E-state index contributed by atoms with van der Waals surface area (Å²) in [5, 5.41) is 0. The number of halogens is 1. The fourth-order valence-electron chi connectivity index (χ4n) is 1.97. The quantitative estimate of drug-likeness (QED) is 0.814. The van der Waals surface area contributed by atoms with Crippen LogP contribution in [0.5, 0.6) is 0 Å². The predicted molar refractivity (Wildman–Crippen MR) is 64.1 cm³/mol. The predicted octanol–water partition coefficient (Wildman–Crippen LogP) is 2.12. The van der Waals surface area contributed by atoms with Crippen molar-refractivity contribution >= 4 is 10.0 Å². The van der Waals surface area contributed by atoms with Gasteiger partial charge in [-0.3, -0.25) is 0 Å². The Morgan fingerprint density at radius 1 is 1.29 bits per heavy atom. The standard InChI is InChI=1S/C12H16FNO2S/c1-10-4-6-12(7-5-10)17(15,16)14-8-2-3-11(13)9-14/h4-7,11H,2-3,8-9H2,1H3/t11-/m0/s1. The van der Waals surface area contributed by atoms with Crippen LogP contribution in [0, 0.1) is 6.92 Å². The molecule has 0 radical (unpaired) electrons. The molecule has 1 atom stereocenters. The van der Waals surface area contributed by atoms with Crippen LogP contribution in [0.1, 0.15) is 18.4 Å². The molecule has 0 N–H and O–H groups in total. The van der Waals surface area contributed by atoms with Crippen molar-refractivity contribution in [2.45, 2.75) is 30.8 Å². The van der Waals surface area contributed by atoms with Crippen LogP contribution in [-0.4, -0.2) is 32.0 Å². The number of piperidine rings is 1. The third-order valence-electron chi connectivity index (χ3n) is 2.99. The number of alkyl halides is 1. The fourth-order valence-corrected chi connectivity index (χ4v) is 3.48. The number of hydrogen-bond acceptors (Lipinski definition) is 2. The molecule has 0 aromatic heterocycles. The van der Waals surface area contributed by atoms with Crippen molar-refractivity contribution in [1.82, 2.24) is 4.31 Å². The summed E-state index contributed by atoms with van der Waals surface area (Å²) < 4.78 is 38.9. The summed E-state index contributed by atoms with van der Waals surface area (Å²) in [4.78, 5) is 0.247. The zero-order valence-corrected chi connectivity index (χ0v) is 10.6. The highest BCUT2D eigenvalue weighted by atomic mass is 32.2. The zero-order chi connectivity index (χ0) is 12.5. The summed E-state index contributed by atoms with van der Waals surface area (Å²) in [7, 11) is -3.52. The van der Waals surface area contributed by atoms with E-state index in [1.807, 2.05) is 6.92 Å². The van der Waals surface area contributed by atoms with Gasteiger partial charge in [-0.05, 0) is 31.9 Å². The van der Waals surface area contributed by atoms with Crippen molar-refractivity contribution in [2.75, 3.05) is 13.1 Å². The monoisotopic (exact) mass is 257 g/mol. The smallest absolute Gasteiger partial charge is 0.243 e. The van der Waals surface area contributed by atoms with Gasteiger partial charge in [-0.25, -0.2) is 12.8 Å². The third-order valence-corrected chi connectivity index (χ3v) is 4.86. The highest BCUT2D eigenvalue weighted by Gasteiger charge is 2.29. The lowest BCUT2D eigenvalue weighted by atomic mass is 10.1. The van der Waals surface area contributed by atoms with E-state index in [2.05, 4.69) is 0 Å². The molecule has 3 nitrogen and oxygen atoms in total. The van der Waals surface area contributed by atoms with Crippen LogP contribution in [-0.2, 0) is 10.0 Å². The average Bonchev–Trinajstić information content (AvgIpc) is 2.29. The summed E-state index contributed by atoms with van der Waals surface area (Å²) in [6.45, 7) is 2.29. The highest BCUT2D eigenvalue weighted by Crippen LogP contribution is 2.22. The highest BCUT2D eigenvalue weighted by molar-refractivity contribution is 7.89. The van der Waals surface area contributed by atoms with Gasteiger partial charge in [0.25, 0.3) is 0 Å². The Hall–Kier alpha value is -0.940. The summed E-state index contributed by atoms with van der Waals surface area (Å²) >= 11 is 0. The molecule has 1 aliphatic rings. The lowest BCUT2D eigenvalue weighted by Crippen LogP contribution is -2.40. The zero-order valence-electron chi connectivity index (χ0n) is 9.77. The molecule has 1 aromatic carbocycles. The molecular formula is C12H16FNO2S. The molecule has 5 heteroatoms. The van der Waals surface area contributed by atoms with E-state index in [0.29, 0.717) is 19.4 Å². The lowest BCUT2D eigenvalue weighted by Gasteiger charge is -2.28. The number of sulfonamides is 1. The second-order valence-electron chi connectivity index (χ2n) is 4.42. The summed E-state index contributed by atoms with van der Waals surface area (Å²) in [6.07, 6.45) is 0.00981. The second-order valence-corrected chi connectivity index (χ2v) is 6.35. The largest absolute Gasteiger partial charge is 0.246 e. The minimum Gasteiger partial charge on any atom is -0.246 e. The van der Waals surface area contributed by atoms with Gasteiger partial charge >= 0.3 is 0 Å². The number of benzene rings is 1. The van der Waals surface area contributed by atoms with Crippen LogP contribution < -0.4 is 0 Å². The van der Waals surface area contributed by atoms with E-state index in [1.165, 1.54) is 4.31 Å². The molecule has 0 bridgehead atoms. The third kappa shape index (κ3) is 2.66. The second kappa shape index (κ2) is 4.74. The molecule has 17 heavy (non-hydrogen) atoms. The van der Waals surface area contributed by atoms with E-state index in [-0.39, 0.29) is 11.4 Å². The maximum Gasteiger partial charge on any atom is 0.243 e. The number of aryl methyl sites for hydroxylation is 1. The average molecular weight is 257 g/mol. The van der Waals surface area contributed by atoms with Gasteiger partial charge < -0.3 is 0 Å². The Kier molecular flexibility index (Phi) is 3.49. The van der Waals surface area contributed by atoms with Crippen LogP contribution in [0.4, 0.5) is 4.39 Å². The van der Waals surface area contributed by atoms with E-state index >= 15 is 0 Å². The van der Waals surface area contributed by atoms with Gasteiger partial charge in [0.05, 0.1) is 4.90 Å². The van der Waals surface area contributed by atoms with E-state index in [1.54, 1.807) is 24.3 Å². The molecule has 0 spiro atoms. The Bertz CT molecular complexity index is 484. The minimum absolute atomic E-state index is 0.0176. The van der Waals surface area contributed by atoms with E-state index in [9.17, 15) is 12.8 Å². The number of nitrogens with zero attached hydrogens (tertiary/aromatic N) is 1. The van der Waals surface area contributed by atoms with Gasteiger partial charge in [-0.15, -0.1) is 0 Å². The first kappa shape index (κ1) is 12.5. The molecule has 1 saturated heterocycles. The Morgan fingerprint density at radius 3 is 2.53 bits per heavy atom. The molecule has 0 amide bonds. The maximum absolute atomic E-state index is 13.2. The van der Waals surface area contributed by atoms with Crippen LogP contribution in [0.25, 0.3) is 0 Å². The first-order chi connectivity index (χ1) is 8.00. The SMILES string of the molecule is Cc1ccc(S(=O)(=O)N2CCC[C@H](F)C2)cc1. The van der Waals surface area contributed by atoms with Gasteiger partial charge in [0.15, 0.2) is 0 Å². The first-order valence-corrected chi connectivity index (χ1v) is 7.15. The van der Waals surface area contributed by atoms with Crippen molar-refractivity contribution in [2.24, 2.45) is 0 Å². The molecule has 0 saturated carbocycles. The minimum atomic E-state index is -3.52. The Morgan fingerprint density at radius 2 is 1.94 bits per heavy atom. The molecule has 1 aromatic rings. The van der Waals surface area contributed by atoms with Gasteiger partial charge in [-0.1, -0.05) is 17.7 Å². The van der Waals surface area contributed by atoms with Gasteiger partial charge in [0.2, 0.25) is 10.0 Å². The van der Waals surface area contributed by atoms with Crippen LogP contribution >= 0.6 is 0 Å². The molecule has 1 aliphatic heterocycles. The van der Waals surface area contributed by atoms with Gasteiger partial charge in [-0.2, -0.15) is 4.31 Å². The van der Waals surface area contributed by atoms with Crippen molar-refractivity contribution in [1.29, 1.82) is 0 Å². The fraction of sp³-hybridized carbons (Fsp3) is 0.500. The summed E-state index contributed by atoms with van der Waals surface area (Å²) in [5.74, 6) is 0. The lowest BCUT2D eigenvalue weighted by molar-refractivity contribution is 0.203. The van der Waals surface area contributed by atoms with Crippen molar-refractivity contribution in [3.8, 4) is 0 Å². The van der Waals surface area contributed by atoms with Crippen LogP contribution in [0.2, 0.25) is 0 Å².